The molecule has 0 radical (unpaired) electrons. The second kappa shape index (κ2) is 4.67. The molecule has 0 saturated heterocycles. The molecule has 1 aromatic heterocycles. The Morgan fingerprint density at radius 1 is 1.24 bits per heavy atom. The van der Waals surface area contributed by atoms with Gasteiger partial charge in [0.05, 0.1) is 5.54 Å². The minimum absolute atomic E-state index is 0.252. The molecule has 21 heavy (non-hydrogen) atoms. The highest BCUT2D eigenvalue weighted by Crippen LogP contribution is 2.44. The van der Waals surface area contributed by atoms with Gasteiger partial charge in [0.25, 0.3) is 0 Å². The van der Waals surface area contributed by atoms with Gasteiger partial charge < -0.3 is 10.3 Å². The molecule has 1 aromatic carbocycles. The molecule has 2 aromatic rings. The highest BCUT2D eigenvalue weighted by molar-refractivity contribution is 5.36. The quantitative estimate of drug-likeness (QED) is 0.940. The van der Waals surface area contributed by atoms with Gasteiger partial charge in [-0.2, -0.15) is 4.98 Å². The van der Waals surface area contributed by atoms with Gasteiger partial charge in [0, 0.05) is 5.92 Å². The highest BCUT2D eigenvalue weighted by Gasteiger charge is 2.44. The maximum absolute atomic E-state index is 6.38. The summed E-state index contributed by atoms with van der Waals surface area (Å²) in [5.41, 5.74) is 8.67. The summed E-state index contributed by atoms with van der Waals surface area (Å²) in [4.78, 5) is 4.66. The first kappa shape index (κ1) is 13.0. The van der Waals surface area contributed by atoms with Crippen molar-refractivity contribution < 1.29 is 4.52 Å². The third kappa shape index (κ3) is 2.18. The van der Waals surface area contributed by atoms with E-state index in [2.05, 4.69) is 34.4 Å². The SMILES string of the molecule is CC(N)(c1nc(C2CCCc3ccccc32)no1)C1CC1. The van der Waals surface area contributed by atoms with Gasteiger partial charge in [-0.1, -0.05) is 29.4 Å². The Labute approximate surface area is 124 Å². The van der Waals surface area contributed by atoms with Crippen LogP contribution in [0.15, 0.2) is 28.8 Å². The number of hydrogen-bond acceptors (Lipinski definition) is 4. The van der Waals surface area contributed by atoms with E-state index >= 15 is 0 Å². The van der Waals surface area contributed by atoms with Crippen LogP contribution < -0.4 is 5.73 Å². The molecular weight excluding hydrogens is 262 g/mol. The van der Waals surface area contributed by atoms with Gasteiger partial charge in [0.1, 0.15) is 0 Å². The molecule has 4 heteroatoms. The number of nitrogens with zero attached hydrogens (tertiary/aromatic N) is 2. The van der Waals surface area contributed by atoms with Crippen LogP contribution in [-0.4, -0.2) is 10.1 Å². The lowest BCUT2D eigenvalue weighted by Crippen LogP contribution is -2.35. The summed E-state index contributed by atoms with van der Waals surface area (Å²) in [5.74, 6) is 2.14. The fourth-order valence-electron chi connectivity index (χ4n) is 3.47. The van der Waals surface area contributed by atoms with Gasteiger partial charge in [-0.25, -0.2) is 0 Å². The van der Waals surface area contributed by atoms with E-state index in [0.717, 1.165) is 31.5 Å². The molecule has 110 valence electrons. The number of fused-ring (bicyclic) bond motifs is 1. The lowest BCUT2D eigenvalue weighted by Gasteiger charge is -2.23. The van der Waals surface area contributed by atoms with E-state index in [1.165, 1.54) is 17.5 Å². The van der Waals surface area contributed by atoms with Crippen molar-refractivity contribution in [2.24, 2.45) is 11.7 Å². The van der Waals surface area contributed by atoms with Gasteiger partial charge in [0.2, 0.25) is 5.89 Å². The zero-order chi connectivity index (χ0) is 14.4. The molecule has 1 heterocycles. The number of aryl methyl sites for hydroxylation is 1. The second-order valence-corrected chi connectivity index (χ2v) is 6.66. The van der Waals surface area contributed by atoms with E-state index in [4.69, 9.17) is 10.3 Å². The number of hydrogen-bond donors (Lipinski definition) is 1. The van der Waals surface area contributed by atoms with E-state index < -0.39 is 5.54 Å². The highest BCUT2D eigenvalue weighted by atomic mass is 16.5. The first-order valence-electron chi connectivity index (χ1n) is 7.87. The van der Waals surface area contributed by atoms with Crippen molar-refractivity contribution in [3.63, 3.8) is 0 Å². The van der Waals surface area contributed by atoms with Crippen molar-refractivity contribution in [1.82, 2.24) is 10.1 Å². The minimum Gasteiger partial charge on any atom is -0.337 e. The number of nitrogens with two attached hydrogens (primary N) is 1. The van der Waals surface area contributed by atoms with Crippen LogP contribution in [0.4, 0.5) is 0 Å². The number of aromatic nitrogens is 2. The van der Waals surface area contributed by atoms with Crippen molar-refractivity contribution in [3.8, 4) is 0 Å². The molecule has 4 rings (SSSR count). The van der Waals surface area contributed by atoms with Crippen molar-refractivity contribution in [2.75, 3.05) is 0 Å². The molecule has 0 aliphatic heterocycles. The van der Waals surface area contributed by atoms with Crippen molar-refractivity contribution >= 4 is 0 Å². The number of rotatable bonds is 3. The van der Waals surface area contributed by atoms with E-state index in [1.807, 2.05) is 6.92 Å². The first-order chi connectivity index (χ1) is 10.2. The van der Waals surface area contributed by atoms with Gasteiger partial charge in [-0.15, -0.1) is 0 Å². The summed E-state index contributed by atoms with van der Waals surface area (Å²) < 4.78 is 5.51. The lowest BCUT2D eigenvalue weighted by molar-refractivity contribution is 0.271. The second-order valence-electron chi connectivity index (χ2n) is 6.66. The molecule has 1 fully saturated rings. The first-order valence-corrected chi connectivity index (χ1v) is 7.87. The third-order valence-corrected chi connectivity index (χ3v) is 5.01. The van der Waals surface area contributed by atoms with Gasteiger partial charge in [0.15, 0.2) is 5.82 Å². The van der Waals surface area contributed by atoms with Gasteiger partial charge in [-0.05, 0) is 56.1 Å². The molecule has 0 amide bonds. The maximum atomic E-state index is 6.38. The predicted molar refractivity (Wildman–Crippen MR) is 79.8 cm³/mol. The average molecular weight is 283 g/mol. The van der Waals surface area contributed by atoms with Gasteiger partial charge >= 0.3 is 0 Å². The molecule has 4 nitrogen and oxygen atoms in total. The molecule has 2 aliphatic rings. The van der Waals surface area contributed by atoms with Crippen LogP contribution in [0.3, 0.4) is 0 Å². The normalized spacial score (nSPS) is 24.4. The fourth-order valence-corrected chi connectivity index (χ4v) is 3.47. The largest absolute Gasteiger partial charge is 0.337 e. The fraction of sp³-hybridized carbons (Fsp3) is 0.529. The monoisotopic (exact) mass is 283 g/mol. The molecule has 0 spiro atoms. The maximum Gasteiger partial charge on any atom is 0.246 e. The molecular formula is C17H21N3O. The Morgan fingerprint density at radius 3 is 2.86 bits per heavy atom. The van der Waals surface area contributed by atoms with E-state index in [9.17, 15) is 0 Å². The molecule has 2 aliphatic carbocycles. The standard InChI is InChI=1S/C17H21N3O/c1-17(18,12-9-10-12)16-19-15(20-21-16)14-8-4-6-11-5-2-3-7-13(11)14/h2-3,5,7,12,14H,4,6,8-10,18H2,1H3. The van der Waals surface area contributed by atoms with Gasteiger partial charge in [-0.3, -0.25) is 0 Å². The summed E-state index contributed by atoms with van der Waals surface area (Å²) in [5, 5.41) is 4.25. The smallest absolute Gasteiger partial charge is 0.246 e. The predicted octanol–water partition coefficient (Wildman–Crippen LogP) is 3.12. The van der Waals surface area contributed by atoms with E-state index in [-0.39, 0.29) is 5.92 Å². The summed E-state index contributed by atoms with van der Waals surface area (Å²) in [6.45, 7) is 2.01. The number of benzene rings is 1. The van der Waals surface area contributed by atoms with Crippen molar-refractivity contribution in [2.45, 2.75) is 50.5 Å². The Bertz CT molecular complexity index is 658. The van der Waals surface area contributed by atoms with Crippen LogP contribution in [-0.2, 0) is 12.0 Å². The van der Waals surface area contributed by atoms with Crippen LogP contribution in [0.5, 0.6) is 0 Å². The van der Waals surface area contributed by atoms with E-state index in [1.54, 1.807) is 0 Å². The molecule has 2 N–H and O–H groups in total. The van der Waals surface area contributed by atoms with Crippen LogP contribution in [0.1, 0.15) is 61.4 Å². The van der Waals surface area contributed by atoms with Crippen LogP contribution >= 0.6 is 0 Å². The Hall–Kier alpha value is -1.68. The average Bonchev–Trinajstić information content (AvgIpc) is 3.25. The lowest BCUT2D eigenvalue weighted by atomic mass is 9.82. The van der Waals surface area contributed by atoms with Crippen LogP contribution in [0.2, 0.25) is 0 Å². The zero-order valence-corrected chi connectivity index (χ0v) is 12.4. The van der Waals surface area contributed by atoms with E-state index in [0.29, 0.717) is 11.8 Å². The topological polar surface area (TPSA) is 64.9 Å². The summed E-state index contributed by atoms with van der Waals surface area (Å²) >= 11 is 0. The minimum atomic E-state index is -0.473. The van der Waals surface area contributed by atoms with Crippen LogP contribution in [0, 0.1) is 5.92 Å². The molecule has 2 unspecified atom stereocenters. The molecule has 2 atom stereocenters. The Kier molecular flexibility index (Phi) is 2.89. The van der Waals surface area contributed by atoms with Crippen LogP contribution in [0.25, 0.3) is 0 Å². The third-order valence-electron chi connectivity index (χ3n) is 5.01. The molecule has 0 bridgehead atoms. The van der Waals surface area contributed by atoms with Crippen molar-refractivity contribution in [1.29, 1.82) is 0 Å². The zero-order valence-electron chi connectivity index (χ0n) is 12.4. The molecule has 1 saturated carbocycles. The Balaban J connectivity index is 1.68. The summed E-state index contributed by atoms with van der Waals surface area (Å²) in [7, 11) is 0. The Morgan fingerprint density at radius 2 is 2.05 bits per heavy atom. The summed E-state index contributed by atoms with van der Waals surface area (Å²) in [6.07, 6.45) is 5.73. The van der Waals surface area contributed by atoms with Crippen molar-refractivity contribution in [3.05, 3.63) is 47.1 Å². The summed E-state index contributed by atoms with van der Waals surface area (Å²) in [6, 6.07) is 8.60.